The second-order valence-corrected chi connectivity index (χ2v) is 3.63. The van der Waals surface area contributed by atoms with Gasteiger partial charge in [0.2, 0.25) is 0 Å². The number of hydrogen-bond acceptors (Lipinski definition) is 4. The van der Waals surface area contributed by atoms with Gasteiger partial charge in [0.1, 0.15) is 6.61 Å². The van der Waals surface area contributed by atoms with E-state index in [1.165, 1.54) is 17.7 Å². The van der Waals surface area contributed by atoms with E-state index < -0.39 is 0 Å². The van der Waals surface area contributed by atoms with Gasteiger partial charge in [-0.15, -0.1) is 0 Å². The Morgan fingerprint density at radius 2 is 2.13 bits per heavy atom. The van der Waals surface area contributed by atoms with Crippen molar-refractivity contribution in [3.63, 3.8) is 0 Å². The summed E-state index contributed by atoms with van der Waals surface area (Å²) in [7, 11) is 0. The third kappa shape index (κ3) is 2.63. The zero-order valence-corrected chi connectivity index (χ0v) is 8.74. The van der Waals surface area contributed by atoms with E-state index in [9.17, 15) is 4.79 Å². The third-order valence-electron chi connectivity index (χ3n) is 1.88. The molecule has 0 atom stereocenters. The van der Waals surface area contributed by atoms with Crippen LogP contribution in [0.3, 0.4) is 0 Å². The molecule has 3 nitrogen and oxygen atoms in total. The third-order valence-corrected chi connectivity index (χ3v) is 2.47. The lowest BCUT2D eigenvalue weighted by atomic mass is 10.2. The Morgan fingerprint density at radius 3 is 2.80 bits per heavy atom. The number of benzene rings is 1. The first kappa shape index (κ1) is 9.86. The fourth-order valence-corrected chi connectivity index (χ4v) is 1.62. The van der Waals surface area contributed by atoms with E-state index in [4.69, 9.17) is 4.74 Å². The molecule has 0 aliphatic rings. The summed E-state index contributed by atoms with van der Waals surface area (Å²) < 4.78 is 8.94. The van der Waals surface area contributed by atoms with Gasteiger partial charge in [-0.1, -0.05) is 30.3 Å². The van der Waals surface area contributed by atoms with Crippen LogP contribution in [0.1, 0.15) is 15.9 Å². The molecular formula is C11H9NO2S. The standard InChI is InChI=1S/C11H9NO2S/c13-11(10-6-12-15-8-10)14-7-9-4-2-1-3-5-9/h1-6,8H,7H2. The van der Waals surface area contributed by atoms with Gasteiger partial charge in [0.15, 0.2) is 0 Å². The monoisotopic (exact) mass is 219 g/mol. The number of carbonyl (C=O) groups excluding carboxylic acids is 1. The fraction of sp³-hybridized carbons (Fsp3) is 0.0909. The number of ether oxygens (including phenoxy) is 1. The highest BCUT2D eigenvalue weighted by Gasteiger charge is 2.07. The summed E-state index contributed by atoms with van der Waals surface area (Å²) in [4.78, 5) is 11.4. The lowest BCUT2D eigenvalue weighted by Gasteiger charge is -2.02. The predicted octanol–water partition coefficient (Wildman–Crippen LogP) is 2.50. The van der Waals surface area contributed by atoms with Crippen LogP contribution in [0.15, 0.2) is 41.9 Å². The number of rotatable bonds is 3. The average molecular weight is 219 g/mol. The molecule has 76 valence electrons. The van der Waals surface area contributed by atoms with E-state index in [-0.39, 0.29) is 5.97 Å². The molecule has 0 aliphatic heterocycles. The summed E-state index contributed by atoms with van der Waals surface area (Å²) >= 11 is 1.24. The van der Waals surface area contributed by atoms with Crippen molar-refractivity contribution < 1.29 is 9.53 Å². The predicted molar refractivity (Wildman–Crippen MR) is 57.7 cm³/mol. The van der Waals surface area contributed by atoms with Crippen LogP contribution in [0, 0.1) is 0 Å². The Bertz CT molecular complexity index is 425. The van der Waals surface area contributed by atoms with Crippen LogP contribution in [0.4, 0.5) is 0 Å². The van der Waals surface area contributed by atoms with Crippen molar-refractivity contribution in [3.8, 4) is 0 Å². The van der Waals surface area contributed by atoms with Gasteiger partial charge in [-0.05, 0) is 17.1 Å². The Labute approximate surface area is 91.5 Å². The van der Waals surface area contributed by atoms with E-state index in [1.807, 2.05) is 30.3 Å². The molecule has 2 rings (SSSR count). The van der Waals surface area contributed by atoms with Gasteiger partial charge < -0.3 is 4.74 Å². The second-order valence-electron chi connectivity index (χ2n) is 2.97. The van der Waals surface area contributed by atoms with E-state index in [1.54, 1.807) is 5.38 Å². The van der Waals surface area contributed by atoms with Gasteiger partial charge in [0, 0.05) is 5.38 Å². The highest BCUT2D eigenvalue weighted by atomic mass is 32.1. The molecule has 0 bridgehead atoms. The quantitative estimate of drug-likeness (QED) is 0.744. The molecule has 0 spiro atoms. The van der Waals surface area contributed by atoms with Crippen molar-refractivity contribution in [2.45, 2.75) is 6.61 Å². The largest absolute Gasteiger partial charge is 0.457 e. The van der Waals surface area contributed by atoms with E-state index in [2.05, 4.69) is 4.37 Å². The molecule has 0 unspecified atom stereocenters. The van der Waals surface area contributed by atoms with Crippen molar-refractivity contribution in [2.24, 2.45) is 0 Å². The van der Waals surface area contributed by atoms with Crippen LogP contribution in [0.5, 0.6) is 0 Å². The first-order chi connectivity index (χ1) is 7.36. The number of aromatic nitrogens is 1. The van der Waals surface area contributed by atoms with Crippen molar-refractivity contribution >= 4 is 17.5 Å². The Hall–Kier alpha value is -1.68. The van der Waals surface area contributed by atoms with Crippen LogP contribution < -0.4 is 0 Å². The molecule has 0 amide bonds. The van der Waals surface area contributed by atoms with Crippen LogP contribution in [-0.2, 0) is 11.3 Å². The maximum Gasteiger partial charge on any atom is 0.340 e. The van der Waals surface area contributed by atoms with Gasteiger partial charge in [0.05, 0.1) is 11.8 Å². The molecular weight excluding hydrogens is 210 g/mol. The normalized spacial score (nSPS) is 9.87. The molecule has 4 heteroatoms. The minimum absolute atomic E-state index is 0.301. The Morgan fingerprint density at radius 1 is 1.33 bits per heavy atom. The molecule has 0 radical (unpaired) electrons. The zero-order valence-electron chi connectivity index (χ0n) is 7.92. The fourth-order valence-electron chi connectivity index (χ4n) is 1.11. The van der Waals surface area contributed by atoms with Crippen LogP contribution in [-0.4, -0.2) is 10.3 Å². The van der Waals surface area contributed by atoms with E-state index in [0.717, 1.165) is 5.56 Å². The number of esters is 1. The SMILES string of the molecule is O=C(OCc1ccccc1)c1cnsc1. The van der Waals surface area contributed by atoms with Crippen LogP contribution >= 0.6 is 11.5 Å². The van der Waals surface area contributed by atoms with Crippen molar-refractivity contribution in [2.75, 3.05) is 0 Å². The van der Waals surface area contributed by atoms with Gasteiger partial charge in [-0.25, -0.2) is 9.17 Å². The summed E-state index contributed by atoms with van der Waals surface area (Å²) in [6.07, 6.45) is 1.51. The number of carbonyl (C=O) groups is 1. The smallest absolute Gasteiger partial charge is 0.340 e. The zero-order chi connectivity index (χ0) is 10.5. The van der Waals surface area contributed by atoms with E-state index in [0.29, 0.717) is 12.2 Å². The molecule has 2 aromatic rings. The Kier molecular flexibility index (Phi) is 3.09. The summed E-state index contributed by atoms with van der Waals surface area (Å²) in [5.74, 6) is -0.326. The van der Waals surface area contributed by atoms with Gasteiger partial charge in [0.25, 0.3) is 0 Å². The van der Waals surface area contributed by atoms with Gasteiger partial charge >= 0.3 is 5.97 Å². The van der Waals surface area contributed by atoms with Crippen LogP contribution in [0.2, 0.25) is 0 Å². The molecule has 0 N–H and O–H groups in total. The lowest BCUT2D eigenvalue weighted by Crippen LogP contribution is -2.03. The summed E-state index contributed by atoms with van der Waals surface area (Å²) in [6.45, 7) is 0.301. The highest BCUT2D eigenvalue weighted by Crippen LogP contribution is 2.06. The minimum atomic E-state index is -0.326. The van der Waals surface area contributed by atoms with Gasteiger partial charge in [-0.3, -0.25) is 0 Å². The summed E-state index contributed by atoms with van der Waals surface area (Å²) in [5, 5.41) is 1.67. The van der Waals surface area contributed by atoms with Crippen molar-refractivity contribution in [1.29, 1.82) is 0 Å². The molecule has 1 aromatic carbocycles. The minimum Gasteiger partial charge on any atom is -0.457 e. The highest BCUT2D eigenvalue weighted by molar-refractivity contribution is 7.03. The first-order valence-corrected chi connectivity index (χ1v) is 5.30. The molecule has 15 heavy (non-hydrogen) atoms. The summed E-state index contributed by atoms with van der Waals surface area (Å²) in [6, 6.07) is 9.58. The molecule has 0 saturated heterocycles. The lowest BCUT2D eigenvalue weighted by molar-refractivity contribution is 0.0473. The summed E-state index contributed by atoms with van der Waals surface area (Å²) in [5.41, 5.74) is 1.49. The van der Waals surface area contributed by atoms with Crippen LogP contribution in [0.25, 0.3) is 0 Å². The molecule has 1 heterocycles. The van der Waals surface area contributed by atoms with E-state index >= 15 is 0 Å². The maximum atomic E-state index is 11.4. The molecule has 0 saturated carbocycles. The average Bonchev–Trinajstić information content (AvgIpc) is 2.81. The second kappa shape index (κ2) is 4.70. The molecule has 0 aliphatic carbocycles. The Balaban J connectivity index is 1.92. The van der Waals surface area contributed by atoms with Crippen molar-refractivity contribution in [1.82, 2.24) is 4.37 Å². The number of nitrogens with zero attached hydrogens (tertiary/aromatic N) is 1. The van der Waals surface area contributed by atoms with Gasteiger partial charge in [-0.2, -0.15) is 0 Å². The topological polar surface area (TPSA) is 39.2 Å². The molecule has 0 fully saturated rings. The first-order valence-electron chi connectivity index (χ1n) is 4.46. The molecule has 1 aromatic heterocycles. The number of hydrogen-bond donors (Lipinski definition) is 0. The van der Waals surface area contributed by atoms with Crippen molar-refractivity contribution in [3.05, 3.63) is 53.0 Å². The maximum absolute atomic E-state index is 11.4.